The van der Waals surface area contributed by atoms with Crippen LogP contribution < -0.4 is 10.1 Å². The molecule has 1 amide bonds. The van der Waals surface area contributed by atoms with Crippen LogP contribution in [0.5, 0.6) is 5.75 Å². The Hall–Kier alpha value is -1.35. The minimum absolute atomic E-state index is 0.0731. The van der Waals surface area contributed by atoms with Gasteiger partial charge in [-0.25, -0.2) is 12.7 Å². The molecule has 1 heterocycles. The van der Waals surface area contributed by atoms with Crippen LogP contribution in [-0.2, 0) is 19.6 Å². The maximum absolute atomic E-state index is 12.0. The second kappa shape index (κ2) is 8.15. The molecule has 1 fully saturated rings. The number of halogens is 1. The summed E-state index contributed by atoms with van der Waals surface area (Å²) in [4.78, 5) is 12.0. The van der Waals surface area contributed by atoms with Crippen molar-refractivity contribution in [2.75, 3.05) is 39.7 Å². The number of ether oxygens (including phenoxy) is 2. The Kier molecular flexibility index (Phi) is 6.45. The summed E-state index contributed by atoms with van der Waals surface area (Å²) in [5.74, 6) is -0.292. The number of hydrogen-bond donors (Lipinski definition) is 1. The molecular formula is C15H21ClN2O5S. The van der Waals surface area contributed by atoms with E-state index in [0.717, 1.165) is 0 Å². The van der Waals surface area contributed by atoms with E-state index in [2.05, 4.69) is 5.32 Å². The number of rotatable bonds is 7. The number of amides is 1. The summed E-state index contributed by atoms with van der Waals surface area (Å²) in [7, 11) is -0.393. The molecule has 0 bridgehead atoms. The van der Waals surface area contributed by atoms with Crippen molar-refractivity contribution in [3.05, 3.63) is 29.3 Å². The molecule has 0 spiro atoms. The Morgan fingerprint density at radius 2 is 2.08 bits per heavy atom. The average molecular weight is 377 g/mol. The fourth-order valence-electron chi connectivity index (χ4n) is 2.30. The number of benzene rings is 1. The minimum atomic E-state index is -3.36. The zero-order chi connectivity index (χ0) is 17.7. The number of nitrogens with one attached hydrogen (secondary N) is 1. The summed E-state index contributed by atoms with van der Waals surface area (Å²) in [6.07, 6.45) is 0. The van der Waals surface area contributed by atoms with Gasteiger partial charge in [0.05, 0.1) is 30.0 Å². The lowest BCUT2D eigenvalue weighted by Crippen LogP contribution is -2.45. The standard InChI is InChI=1S/C15H21ClN2O5S/c1-18(2)24(20,21)10-11-7-22-8-13(11)17-15(19)9-23-14-6-4-3-5-12(14)16/h3-6,11,13H,7-10H2,1-2H3,(H,17,19)/t11-,13+/m0/s1. The van der Waals surface area contributed by atoms with Crippen LogP contribution in [0.3, 0.4) is 0 Å². The van der Waals surface area contributed by atoms with Gasteiger partial charge in [0.25, 0.3) is 5.91 Å². The van der Waals surface area contributed by atoms with E-state index >= 15 is 0 Å². The lowest BCUT2D eigenvalue weighted by Gasteiger charge is -2.21. The third kappa shape index (κ3) is 5.07. The highest BCUT2D eigenvalue weighted by molar-refractivity contribution is 7.89. The first-order valence-electron chi connectivity index (χ1n) is 7.44. The first kappa shape index (κ1) is 19.0. The molecule has 2 atom stereocenters. The Balaban J connectivity index is 1.87. The third-order valence-corrected chi connectivity index (χ3v) is 6.00. The number of para-hydroxylation sites is 1. The number of carbonyl (C=O) groups is 1. The molecular weight excluding hydrogens is 356 g/mol. The van der Waals surface area contributed by atoms with Gasteiger partial charge in [-0.1, -0.05) is 23.7 Å². The zero-order valence-electron chi connectivity index (χ0n) is 13.6. The highest BCUT2D eigenvalue weighted by Gasteiger charge is 2.34. The largest absolute Gasteiger partial charge is 0.482 e. The molecule has 0 aromatic heterocycles. The van der Waals surface area contributed by atoms with Gasteiger partial charge in [-0.15, -0.1) is 0 Å². The van der Waals surface area contributed by atoms with Gasteiger partial charge in [0.2, 0.25) is 10.0 Å². The highest BCUT2D eigenvalue weighted by atomic mass is 35.5. The molecule has 1 aliphatic rings. The SMILES string of the molecule is CN(C)S(=O)(=O)C[C@@H]1COC[C@H]1NC(=O)COc1ccccc1Cl. The van der Waals surface area contributed by atoms with Crippen molar-refractivity contribution in [3.8, 4) is 5.75 Å². The minimum Gasteiger partial charge on any atom is -0.482 e. The van der Waals surface area contributed by atoms with E-state index in [1.54, 1.807) is 24.3 Å². The molecule has 134 valence electrons. The van der Waals surface area contributed by atoms with E-state index in [0.29, 0.717) is 17.4 Å². The highest BCUT2D eigenvalue weighted by Crippen LogP contribution is 2.23. The summed E-state index contributed by atoms with van der Waals surface area (Å²) in [6, 6.07) is 6.50. The van der Waals surface area contributed by atoms with Crippen molar-refractivity contribution in [2.45, 2.75) is 6.04 Å². The van der Waals surface area contributed by atoms with Gasteiger partial charge in [-0.2, -0.15) is 0 Å². The van der Waals surface area contributed by atoms with Crippen molar-refractivity contribution >= 4 is 27.5 Å². The Morgan fingerprint density at radius 3 is 2.75 bits per heavy atom. The third-order valence-electron chi connectivity index (χ3n) is 3.72. The summed E-state index contributed by atoms with van der Waals surface area (Å²) < 4.78 is 35.8. The van der Waals surface area contributed by atoms with Gasteiger partial charge in [0, 0.05) is 20.0 Å². The van der Waals surface area contributed by atoms with Crippen LogP contribution in [0.4, 0.5) is 0 Å². The van der Waals surface area contributed by atoms with E-state index in [1.165, 1.54) is 18.4 Å². The summed E-state index contributed by atoms with van der Waals surface area (Å²) in [5.41, 5.74) is 0. The normalized spacial score (nSPS) is 21.0. The van der Waals surface area contributed by atoms with E-state index in [1.807, 2.05) is 0 Å². The molecule has 0 saturated carbocycles. The van der Waals surface area contributed by atoms with Gasteiger partial charge in [-0.05, 0) is 12.1 Å². The van der Waals surface area contributed by atoms with Crippen LogP contribution in [0.25, 0.3) is 0 Å². The molecule has 1 aliphatic heterocycles. The number of hydrogen-bond acceptors (Lipinski definition) is 5. The molecule has 1 N–H and O–H groups in total. The molecule has 0 unspecified atom stereocenters. The van der Waals surface area contributed by atoms with Crippen LogP contribution in [0, 0.1) is 5.92 Å². The van der Waals surface area contributed by atoms with Gasteiger partial charge in [-0.3, -0.25) is 4.79 Å². The van der Waals surface area contributed by atoms with Gasteiger partial charge in [0.1, 0.15) is 5.75 Å². The van der Waals surface area contributed by atoms with E-state index in [-0.39, 0.29) is 36.8 Å². The van der Waals surface area contributed by atoms with E-state index < -0.39 is 10.0 Å². The molecule has 1 aromatic rings. The molecule has 0 aliphatic carbocycles. The fraction of sp³-hybridized carbons (Fsp3) is 0.533. The van der Waals surface area contributed by atoms with Gasteiger partial charge >= 0.3 is 0 Å². The first-order valence-corrected chi connectivity index (χ1v) is 9.43. The van der Waals surface area contributed by atoms with Gasteiger partial charge < -0.3 is 14.8 Å². The Bertz CT molecular complexity index is 680. The topological polar surface area (TPSA) is 84.9 Å². The Labute approximate surface area is 146 Å². The molecule has 1 aromatic carbocycles. The lowest BCUT2D eigenvalue weighted by molar-refractivity contribution is -0.124. The van der Waals surface area contributed by atoms with Crippen LogP contribution in [0.15, 0.2) is 24.3 Å². The monoisotopic (exact) mass is 376 g/mol. The molecule has 0 radical (unpaired) electrons. The van der Waals surface area contributed by atoms with Crippen molar-refractivity contribution in [3.63, 3.8) is 0 Å². The number of sulfonamides is 1. The quantitative estimate of drug-likeness (QED) is 0.758. The van der Waals surface area contributed by atoms with Crippen LogP contribution in [0.1, 0.15) is 0 Å². The summed E-state index contributed by atoms with van der Waals surface area (Å²) >= 11 is 5.96. The predicted octanol–water partition coefficient (Wildman–Crippen LogP) is 0.741. The molecule has 2 rings (SSSR count). The molecule has 24 heavy (non-hydrogen) atoms. The fourth-order valence-corrected chi connectivity index (χ4v) is 3.65. The van der Waals surface area contributed by atoms with Crippen molar-refractivity contribution in [1.82, 2.24) is 9.62 Å². The lowest BCUT2D eigenvalue weighted by atomic mass is 10.1. The Morgan fingerprint density at radius 1 is 1.38 bits per heavy atom. The summed E-state index contributed by atoms with van der Waals surface area (Å²) in [6.45, 7) is 0.377. The molecule has 1 saturated heterocycles. The van der Waals surface area contributed by atoms with Crippen LogP contribution >= 0.6 is 11.6 Å². The first-order chi connectivity index (χ1) is 11.3. The average Bonchev–Trinajstić information content (AvgIpc) is 2.92. The zero-order valence-corrected chi connectivity index (χ0v) is 15.1. The second-order valence-electron chi connectivity index (χ2n) is 5.75. The molecule has 9 heteroatoms. The van der Waals surface area contributed by atoms with E-state index in [4.69, 9.17) is 21.1 Å². The van der Waals surface area contributed by atoms with Crippen molar-refractivity contribution in [2.24, 2.45) is 5.92 Å². The second-order valence-corrected chi connectivity index (χ2v) is 8.39. The maximum atomic E-state index is 12.0. The van der Waals surface area contributed by atoms with Gasteiger partial charge in [0.15, 0.2) is 6.61 Å². The van der Waals surface area contributed by atoms with Crippen LogP contribution in [-0.4, -0.2) is 64.3 Å². The number of nitrogens with zero attached hydrogens (tertiary/aromatic N) is 1. The summed E-state index contributed by atoms with van der Waals surface area (Å²) in [5, 5.41) is 3.19. The number of carbonyl (C=O) groups excluding carboxylic acids is 1. The van der Waals surface area contributed by atoms with E-state index in [9.17, 15) is 13.2 Å². The van der Waals surface area contributed by atoms with Crippen molar-refractivity contribution in [1.29, 1.82) is 0 Å². The molecule has 7 nitrogen and oxygen atoms in total. The van der Waals surface area contributed by atoms with Crippen LogP contribution in [0.2, 0.25) is 5.02 Å². The maximum Gasteiger partial charge on any atom is 0.258 e. The van der Waals surface area contributed by atoms with Crippen molar-refractivity contribution < 1.29 is 22.7 Å². The smallest absolute Gasteiger partial charge is 0.258 e. The predicted molar refractivity (Wildman–Crippen MR) is 90.7 cm³/mol.